The molecule has 2 atom stereocenters. The lowest BCUT2D eigenvalue weighted by Gasteiger charge is -2.38. The summed E-state index contributed by atoms with van der Waals surface area (Å²) in [7, 11) is 0. The van der Waals surface area contributed by atoms with Crippen molar-refractivity contribution in [3.05, 3.63) is 40.8 Å². The molecule has 28 heavy (non-hydrogen) atoms. The van der Waals surface area contributed by atoms with Gasteiger partial charge >= 0.3 is 0 Å². The molecule has 1 aromatic carbocycles. The minimum atomic E-state index is -1.07. The van der Waals surface area contributed by atoms with Crippen LogP contribution in [0.3, 0.4) is 0 Å². The van der Waals surface area contributed by atoms with E-state index in [0.29, 0.717) is 6.42 Å². The summed E-state index contributed by atoms with van der Waals surface area (Å²) >= 11 is 0. The van der Waals surface area contributed by atoms with Crippen LogP contribution in [0, 0.1) is 5.82 Å². The number of nitrogens with one attached hydrogen (secondary N) is 1. The summed E-state index contributed by atoms with van der Waals surface area (Å²) in [5.74, 6) is -0.750. The van der Waals surface area contributed by atoms with Crippen molar-refractivity contribution in [2.45, 2.75) is 31.6 Å². The van der Waals surface area contributed by atoms with Gasteiger partial charge in [0, 0.05) is 0 Å². The second-order valence-corrected chi connectivity index (χ2v) is 6.73. The minimum Gasteiger partial charge on any atom is -0.467 e. The predicted molar refractivity (Wildman–Crippen MR) is 91.3 cm³/mol. The maximum absolute atomic E-state index is 13.4. The molecule has 2 aromatic rings. The zero-order valence-corrected chi connectivity index (χ0v) is 14.9. The van der Waals surface area contributed by atoms with Gasteiger partial charge in [0.2, 0.25) is 5.69 Å². The van der Waals surface area contributed by atoms with Crippen molar-refractivity contribution in [2.24, 2.45) is 4.99 Å². The molecule has 1 aliphatic carbocycles. The van der Waals surface area contributed by atoms with Gasteiger partial charge in [-0.1, -0.05) is 6.07 Å². The van der Waals surface area contributed by atoms with Gasteiger partial charge in [-0.3, -0.25) is 20.5 Å². The van der Waals surface area contributed by atoms with E-state index < -0.39 is 6.10 Å². The van der Waals surface area contributed by atoms with Crippen molar-refractivity contribution >= 4 is 11.7 Å². The SMILES string of the molecule is CC(O)C(=O)N1CC(Oc2nonc2C(=NC2Cc3ccc(F)cc32)NO)C1. The number of ether oxygens (including phenoxy) is 1. The fourth-order valence-corrected chi connectivity index (χ4v) is 3.18. The van der Waals surface area contributed by atoms with Crippen molar-refractivity contribution in [1.82, 2.24) is 20.7 Å². The zero-order valence-electron chi connectivity index (χ0n) is 14.9. The van der Waals surface area contributed by atoms with Gasteiger partial charge in [-0.05, 0) is 46.9 Å². The van der Waals surface area contributed by atoms with E-state index in [-0.39, 0.29) is 54.4 Å². The lowest BCUT2D eigenvalue weighted by molar-refractivity contribution is -0.148. The van der Waals surface area contributed by atoms with Crippen molar-refractivity contribution in [2.75, 3.05) is 13.1 Å². The number of amidine groups is 1. The van der Waals surface area contributed by atoms with E-state index in [9.17, 15) is 19.5 Å². The van der Waals surface area contributed by atoms with Crippen LogP contribution < -0.4 is 10.2 Å². The molecule has 1 aromatic heterocycles. The number of nitrogens with zero attached hydrogens (tertiary/aromatic N) is 4. The molecule has 0 bridgehead atoms. The summed E-state index contributed by atoms with van der Waals surface area (Å²) < 4.78 is 23.8. The number of aromatic nitrogens is 2. The van der Waals surface area contributed by atoms with Crippen LogP contribution in [0.4, 0.5) is 4.39 Å². The number of rotatable bonds is 5. The molecule has 4 rings (SSSR count). The van der Waals surface area contributed by atoms with Crippen molar-refractivity contribution < 1.29 is 28.9 Å². The summed E-state index contributed by atoms with van der Waals surface area (Å²) in [5, 5.41) is 26.2. The van der Waals surface area contributed by atoms with Gasteiger partial charge in [-0.2, -0.15) is 0 Å². The third-order valence-electron chi connectivity index (χ3n) is 4.75. The monoisotopic (exact) mass is 391 g/mol. The first kappa shape index (κ1) is 18.3. The number of fused-ring (bicyclic) bond motifs is 1. The normalized spacial score (nSPS) is 20.1. The van der Waals surface area contributed by atoms with Crippen LogP contribution in [-0.2, 0) is 11.2 Å². The predicted octanol–water partition coefficient (Wildman–Crippen LogP) is 0.202. The van der Waals surface area contributed by atoms with Gasteiger partial charge in [0.1, 0.15) is 18.0 Å². The largest absolute Gasteiger partial charge is 0.467 e. The maximum Gasteiger partial charge on any atom is 0.287 e. The highest BCUT2D eigenvalue weighted by atomic mass is 19.1. The highest BCUT2D eigenvalue weighted by Crippen LogP contribution is 2.37. The van der Waals surface area contributed by atoms with E-state index >= 15 is 0 Å². The van der Waals surface area contributed by atoms with Gasteiger partial charge in [-0.25, -0.2) is 9.02 Å². The van der Waals surface area contributed by atoms with Gasteiger partial charge in [0.25, 0.3) is 11.8 Å². The molecule has 3 N–H and O–H groups in total. The van der Waals surface area contributed by atoms with Gasteiger partial charge < -0.3 is 14.7 Å². The van der Waals surface area contributed by atoms with Crippen LogP contribution in [0.25, 0.3) is 0 Å². The van der Waals surface area contributed by atoms with Crippen LogP contribution in [0.2, 0.25) is 0 Å². The van der Waals surface area contributed by atoms with E-state index in [2.05, 4.69) is 15.3 Å². The van der Waals surface area contributed by atoms with Crippen molar-refractivity contribution in [3.8, 4) is 5.88 Å². The zero-order chi connectivity index (χ0) is 19.8. The third-order valence-corrected chi connectivity index (χ3v) is 4.75. The number of aliphatic hydroxyl groups is 1. The molecule has 148 valence electrons. The number of halogens is 1. The Kier molecular flexibility index (Phi) is 4.69. The molecule has 1 fully saturated rings. The Morgan fingerprint density at radius 3 is 2.96 bits per heavy atom. The lowest BCUT2D eigenvalue weighted by atomic mass is 9.83. The van der Waals surface area contributed by atoms with Crippen molar-refractivity contribution in [3.63, 3.8) is 0 Å². The number of carbonyl (C=O) groups is 1. The van der Waals surface area contributed by atoms with Crippen LogP contribution in [0.15, 0.2) is 27.8 Å². The summed E-state index contributed by atoms with van der Waals surface area (Å²) in [6.07, 6.45) is -0.828. The van der Waals surface area contributed by atoms with E-state index in [1.807, 2.05) is 5.48 Å². The average Bonchev–Trinajstić information content (AvgIpc) is 3.08. The fourth-order valence-electron chi connectivity index (χ4n) is 3.18. The fraction of sp³-hybridized carbons (Fsp3) is 0.412. The van der Waals surface area contributed by atoms with Gasteiger partial charge in [-0.15, -0.1) is 0 Å². The molecule has 10 nitrogen and oxygen atoms in total. The first-order valence-corrected chi connectivity index (χ1v) is 8.69. The van der Waals surface area contributed by atoms with Crippen LogP contribution in [0.5, 0.6) is 5.88 Å². The number of aliphatic hydroxyl groups excluding tert-OH is 1. The minimum absolute atomic E-state index is 0.00763. The highest BCUT2D eigenvalue weighted by Gasteiger charge is 2.36. The molecule has 0 spiro atoms. The Morgan fingerprint density at radius 2 is 2.25 bits per heavy atom. The Bertz CT molecular complexity index is 924. The number of amides is 1. The quantitative estimate of drug-likeness (QED) is 0.374. The Morgan fingerprint density at radius 1 is 1.46 bits per heavy atom. The average molecular weight is 391 g/mol. The lowest BCUT2D eigenvalue weighted by Crippen LogP contribution is -2.58. The number of hydrogen-bond acceptors (Lipinski definition) is 8. The standard InChI is InChI=1S/C17H18FN5O5/c1-8(24)17(25)23-6-11(7-23)27-16-14(21-28-22-16)15(20-26)19-13-4-9-2-3-10(18)5-12(9)13/h2-3,5,8,11,13,24,26H,4,6-7H2,1H3,(H,19,20). The van der Waals surface area contributed by atoms with E-state index in [0.717, 1.165) is 11.1 Å². The van der Waals surface area contributed by atoms with Crippen molar-refractivity contribution in [1.29, 1.82) is 0 Å². The number of hydroxylamine groups is 1. The van der Waals surface area contributed by atoms with E-state index in [1.54, 1.807) is 6.07 Å². The molecular weight excluding hydrogens is 373 g/mol. The molecule has 0 saturated carbocycles. The van der Waals surface area contributed by atoms with E-state index in [1.165, 1.54) is 24.0 Å². The number of aliphatic imine (C=N–C) groups is 1. The molecule has 11 heteroatoms. The first-order chi connectivity index (χ1) is 13.5. The molecule has 1 amide bonds. The van der Waals surface area contributed by atoms with Crippen LogP contribution >= 0.6 is 0 Å². The topological polar surface area (TPSA) is 133 Å². The van der Waals surface area contributed by atoms with Gasteiger partial charge in [0.05, 0.1) is 19.1 Å². The summed E-state index contributed by atoms with van der Waals surface area (Å²) in [4.78, 5) is 17.5. The Hall–Kier alpha value is -3.05. The number of benzene rings is 1. The third kappa shape index (κ3) is 3.29. The Labute approximate surface area is 158 Å². The second-order valence-electron chi connectivity index (χ2n) is 6.73. The highest BCUT2D eigenvalue weighted by molar-refractivity contribution is 5.98. The number of carbonyl (C=O) groups excluding carboxylic acids is 1. The molecule has 2 aliphatic rings. The smallest absolute Gasteiger partial charge is 0.287 e. The molecule has 0 radical (unpaired) electrons. The Balaban J connectivity index is 1.45. The number of hydrogen-bond donors (Lipinski definition) is 3. The molecule has 2 unspecified atom stereocenters. The van der Waals surface area contributed by atoms with Gasteiger partial charge in [0.15, 0.2) is 5.84 Å². The van der Waals surface area contributed by atoms with Crippen LogP contribution in [-0.4, -0.2) is 62.6 Å². The number of likely N-dealkylation sites (tertiary alicyclic amines) is 1. The summed E-state index contributed by atoms with van der Waals surface area (Å²) in [5.41, 5.74) is 3.74. The van der Waals surface area contributed by atoms with Crippen LogP contribution in [0.1, 0.15) is 29.8 Å². The maximum atomic E-state index is 13.4. The molecular formula is C17H18FN5O5. The first-order valence-electron chi connectivity index (χ1n) is 8.69. The molecule has 2 heterocycles. The summed E-state index contributed by atoms with van der Waals surface area (Å²) in [6.45, 7) is 1.96. The molecule has 1 saturated heterocycles. The second kappa shape index (κ2) is 7.17. The summed E-state index contributed by atoms with van der Waals surface area (Å²) in [6, 6.07) is 4.16. The van der Waals surface area contributed by atoms with E-state index in [4.69, 9.17) is 9.37 Å². The molecule has 1 aliphatic heterocycles.